The molecule has 1 amide bonds. The normalized spacial score (nSPS) is 22.5. The summed E-state index contributed by atoms with van der Waals surface area (Å²) in [5.74, 6) is 0.0659. The molecule has 0 aliphatic carbocycles. The number of hydrogen-bond acceptors (Lipinski definition) is 3. The van der Waals surface area contributed by atoms with Crippen molar-refractivity contribution < 1.29 is 9.53 Å². The lowest BCUT2D eigenvalue weighted by atomic mass is 10.2. The monoisotopic (exact) mass is 264 g/mol. The van der Waals surface area contributed by atoms with Gasteiger partial charge in [0.15, 0.2) is 0 Å². The second-order valence-corrected chi connectivity index (χ2v) is 4.54. The Kier molecular flexibility index (Phi) is 8.56. The second kappa shape index (κ2) is 8.72. The Balaban J connectivity index is 0.00000256. The molecule has 0 spiro atoms. The van der Waals surface area contributed by atoms with Crippen LogP contribution in [0.15, 0.2) is 0 Å². The SMILES string of the molecule is CCCOC1CCCN(C(=O)[C@@H](C)N)CC1.Cl. The molecule has 0 radical (unpaired) electrons. The van der Waals surface area contributed by atoms with Crippen LogP contribution in [0.3, 0.4) is 0 Å². The largest absolute Gasteiger partial charge is 0.378 e. The lowest BCUT2D eigenvalue weighted by Gasteiger charge is -2.22. The highest BCUT2D eigenvalue weighted by Crippen LogP contribution is 2.15. The van der Waals surface area contributed by atoms with Gasteiger partial charge in [0.05, 0.1) is 12.1 Å². The summed E-state index contributed by atoms with van der Waals surface area (Å²) in [5, 5.41) is 0. The van der Waals surface area contributed by atoms with Gasteiger partial charge < -0.3 is 15.4 Å². The predicted octanol–water partition coefficient (Wildman–Crippen LogP) is 1.56. The number of carbonyl (C=O) groups excluding carboxylic acids is 1. The van der Waals surface area contributed by atoms with Gasteiger partial charge in [-0.3, -0.25) is 4.79 Å². The minimum Gasteiger partial charge on any atom is -0.378 e. The van der Waals surface area contributed by atoms with Gasteiger partial charge in [0.2, 0.25) is 5.91 Å². The zero-order valence-corrected chi connectivity index (χ0v) is 11.7. The Morgan fingerprint density at radius 1 is 1.47 bits per heavy atom. The molecule has 0 bridgehead atoms. The van der Waals surface area contributed by atoms with Gasteiger partial charge in [-0.15, -0.1) is 12.4 Å². The highest BCUT2D eigenvalue weighted by molar-refractivity contribution is 5.85. The van der Waals surface area contributed by atoms with Crippen molar-refractivity contribution in [1.82, 2.24) is 4.90 Å². The van der Waals surface area contributed by atoms with E-state index in [1.165, 1.54) is 0 Å². The summed E-state index contributed by atoms with van der Waals surface area (Å²) in [6.07, 6.45) is 4.40. The van der Waals surface area contributed by atoms with Crippen molar-refractivity contribution in [1.29, 1.82) is 0 Å². The number of amides is 1. The summed E-state index contributed by atoms with van der Waals surface area (Å²) >= 11 is 0. The first-order valence-corrected chi connectivity index (χ1v) is 6.31. The van der Waals surface area contributed by atoms with Crippen LogP contribution in [0.25, 0.3) is 0 Å². The van der Waals surface area contributed by atoms with E-state index in [4.69, 9.17) is 10.5 Å². The average molecular weight is 265 g/mol. The van der Waals surface area contributed by atoms with E-state index in [1.807, 2.05) is 4.90 Å². The Morgan fingerprint density at radius 3 is 2.76 bits per heavy atom. The van der Waals surface area contributed by atoms with E-state index in [0.29, 0.717) is 6.10 Å². The van der Waals surface area contributed by atoms with Crippen molar-refractivity contribution in [2.75, 3.05) is 19.7 Å². The fraction of sp³-hybridized carbons (Fsp3) is 0.917. The number of nitrogens with two attached hydrogens (primary N) is 1. The zero-order chi connectivity index (χ0) is 12.0. The summed E-state index contributed by atoms with van der Waals surface area (Å²) in [6, 6.07) is -0.381. The molecule has 102 valence electrons. The van der Waals surface area contributed by atoms with Crippen molar-refractivity contribution in [2.45, 2.75) is 51.7 Å². The molecule has 0 aromatic carbocycles. The highest BCUT2D eigenvalue weighted by Gasteiger charge is 2.22. The van der Waals surface area contributed by atoms with Crippen molar-refractivity contribution >= 4 is 18.3 Å². The van der Waals surface area contributed by atoms with Gasteiger partial charge in [-0.25, -0.2) is 0 Å². The first-order valence-electron chi connectivity index (χ1n) is 6.31. The van der Waals surface area contributed by atoms with Gasteiger partial charge in [-0.05, 0) is 32.6 Å². The number of halogens is 1. The molecule has 4 nitrogen and oxygen atoms in total. The third kappa shape index (κ3) is 5.70. The lowest BCUT2D eigenvalue weighted by molar-refractivity contribution is -0.132. The number of ether oxygens (including phenoxy) is 1. The lowest BCUT2D eigenvalue weighted by Crippen LogP contribution is -2.42. The van der Waals surface area contributed by atoms with Gasteiger partial charge in [0.1, 0.15) is 0 Å². The standard InChI is InChI=1S/C12H24N2O2.ClH/c1-3-9-16-11-5-4-7-14(8-6-11)12(15)10(2)13;/h10-11H,3-9,13H2,1-2H3;1H/t10-,11?;/m1./s1. The van der Waals surface area contributed by atoms with Crippen LogP contribution in [0.1, 0.15) is 39.5 Å². The third-order valence-corrected chi connectivity index (χ3v) is 2.93. The van der Waals surface area contributed by atoms with Crippen LogP contribution in [0.4, 0.5) is 0 Å². The quantitative estimate of drug-likeness (QED) is 0.839. The van der Waals surface area contributed by atoms with Crippen LogP contribution in [0.2, 0.25) is 0 Å². The predicted molar refractivity (Wildman–Crippen MR) is 71.4 cm³/mol. The van der Waals surface area contributed by atoms with Crippen LogP contribution in [-0.2, 0) is 9.53 Å². The van der Waals surface area contributed by atoms with Crippen LogP contribution < -0.4 is 5.73 Å². The van der Waals surface area contributed by atoms with E-state index in [1.54, 1.807) is 6.92 Å². The maximum atomic E-state index is 11.7. The van der Waals surface area contributed by atoms with Gasteiger partial charge in [-0.1, -0.05) is 6.92 Å². The number of carbonyl (C=O) groups is 1. The first kappa shape index (κ1) is 16.7. The molecule has 1 unspecified atom stereocenters. The topological polar surface area (TPSA) is 55.6 Å². The number of nitrogens with zero attached hydrogens (tertiary/aromatic N) is 1. The van der Waals surface area contributed by atoms with E-state index >= 15 is 0 Å². The van der Waals surface area contributed by atoms with E-state index in [0.717, 1.165) is 45.4 Å². The minimum atomic E-state index is -0.381. The third-order valence-electron chi connectivity index (χ3n) is 2.93. The minimum absolute atomic E-state index is 0. The fourth-order valence-electron chi connectivity index (χ4n) is 2.03. The summed E-state index contributed by atoms with van der Waals surface area (Å²) < 4.78 is 5.73. The van der Waals surface area contributed by atoms with E-state index < -0.39 is 0 Å². The summed E-state index contributed by atoms with van der Waals surface area (Å²) in [7, 11) is 0. The molecule has 1 heterocycles. The van der Waals surface area contributed by atoms with Crippen LogP contribution in [0.5, 0.6) is 0 Å². The molecular formula is C12H25ClN2O2. The highest BCUT2D eigenvalue weighted by atomic mass is 35.5. The van der Waals surface area contributed by atoms with Crippen LogP contribution >= 0.6 is 12.4 Å². The number of likely N-dealkylation sites (tertiary alicyclic amines) is 1. The molecule has 0 saturated carbocycles. The van der Waals surface area contributed by atoms with E-state index in [-0.39, 0.29) is 24.4 Å². The van der Waals surface area contributed by atoms with Crippen molar-refractivity contribution in [2.24, 2.45) is 5.73 Å². The molecule has 17 heavy (non-hydrogen) atoms. The van der Waals surface area contributed by atoms with Crippen molar-refractivity contribution in [3.05, 3.63) is 0 Å². The van der Waals surface area contributed by atoms with Gasteiger partial charge in [0.25, 0.3) is 0 Å². The molecular weight excluding hydrogens is 240 g/mol. The first-order chi connectivity index (χ1) is 7.65. The second-order valence-electron chi connectivity index (χ2n) is 4.54. The van der Waals surface area contributed by atoms with E-state index in [9.17, 15) is 4.79 Å². The molecule has 1 saturated heterocycles. The molecule has 2 N–H and O–H groups in total. The average Bonchev–Trinajstić information content (AvgIpc) is 2.50. The molecule has 5 heteroatoms. The fourth-order valence-corrected chi connectivity index (χ4v) is 2.03. The zero-order valence-electron chi connectivity index (χ0n) is 10.9. The molecule has 0 aromatic rings. The van der Waals surface area contributed by atoms with E-state index in [2.05, 4.69) is 6.92 Å². The van der Waals surface area contributed by atoms with Gasteiger partial charge in [-0.2, -0.15) is 0 Å². The molecule has 1 fully saturated rings. The molecule has 1 rings (SSSR count). The smallest absolute Gasteiger partial charge is 0.239 e. The van der Waals surface area contributed by atoms with Crippen LogP contribution in [-0.4, -0.2) is 42.6 Å². The number of rotatable bonds is 4. The molecule has 1 aliphatic rings. The Hall–Kier alpha value is -0.320. The maximum absolute atomic E-state index is 11.7. The van der Waals surface area contributed by atoms with Crippen molar-refractivity contribution in [3.63, 3.8) is 0 Å². The molecule has 2 atom stereocenters. The maximum Gasteiger partial charge on any atom is 0.239 e. The Morgan fingerprint density at radius 2 is 2.18 bits per heavy atom. The number of hydrogen-bond donors (Lipinski definition) is 1. The molecule has 0 aromatic heterocycles. The van der Waals surface area contributed by atoms with Crippen LogP contribution in [0, 0.1) is 0 Å². The summed E-state index contributed by atoms with van der Waals surface area (Å²) in [5.41, 5.74) is 5.61. The van der Waals surface area contributed by atoms with Gasteiger partial charge >= 0.3 is 0 Å². The van der Waals surface area contributed by atoms with Gasteiger partial charge in [0, 0.05) is 19.7 Å². The molecule has 1 aliphatic heterocycles. The summed E-state index contributed by atoms with van der Waals surface area (Å²) in [4.78, 5) is 13.6. The Labute approximate surface area is 110 Å². The Bertz CT molecular complexity index is 225. The van der Waals surface area contributed by atoms with Crippen molar-refractivity contribution in [3.8, 4) is 0 Å². The summed E-state index contributed by atoms with van der Waals surface area (Å²) in [6.45, 7) is 6.30.